The molecule has 0 aliphatic rings. The number of carbonyl (C=O) groups excluding carboxylic acids is 1. The number of hydrogen-bond acceptors (Lipinski definition) is 4. The molecule has 1 amide bonds. The molecule has 7 heteroatoms. The van der Waals surface area contributed by atoms with Crippen LogP contribution in [0.3, 0.4) is 0 Å². The third-order valence-electron chi connectivity index (χ3n) is 2.65. The number of anilines is 1. The van der Waals surface area contributed by atoms with E-state index >= 15 is 0 Å². The summed E-state index contributed by atoms with van der Waals surface area (Å²) < 4.78 is 12.5. The Labute approximate surface area is 119 Å². The predicted molar refractivity (Wildman–Crippen MR) is 79.2 cm³/mol. The second kappa shape index (κ2) is 6.33. The van der Waals surface area contributed by atoms with Gasteiger partial charge in [-0.2, -0.15) is 5.10 Å². The Morgan fingerprint density at radius 1 is 1.35 bits per heavy atom. The van der Waals surface area contributed by atoms with Crippen molar-refractivity contribution in [3.05, 3.63) is 42.2 Å². The summed E-state index contributed by atoms with van der Waals surface area (Å²) in [5, 5.41) is 6.87. The second-order valence-electron chi connectivity index (χ2n) is 4.27. The van der Waals surface area contributed by atoms with E-state index in [0.29, 0.717) is 23.7 Å². The maximum atomic E-state index is 11.8. The monoisotopic (exact) mass is 292 g/mol. The van der Waals surface area contributed by atoms with Crippen LogP contribution in [-0.4, -0.2) is 38.4 Å². The fourth-order valence-corrected chi connectivity index (χ4v) is 2.00. The Hall–Kier alpha value is -2.15. The van der Waals surface area contributed by atoms with Crippen LogP contribution in [0.5, 0.6) is 0 Å². The van der Waals surface area contributed by atoms with Crippen molar-refractivity contribution in [3.63, 3.8) is 0 Å². The normalized spacial score (nSPS) is 12.1. The summed E-state index contributed by atoms with van der Waals surface area (Å²) in [6, 6.07) is 8.82. The molecule has 20 heavy (non-hydrogen) atoms. The SMILES string of the molecule is CS(=O)CCNC(=O)c1ccn(-c2ccc(N)cc2)n1. The van der Waals surface area contributed by atoms with Crippen molar-refractivity contribution in [2.75, 3.05) is 24.3 Å². The van der Waals surface area contributed by atoms with E-state index in [0.717, 1.165) is 5.69 Å². The number of rotatable bonds is 5. The highest BCUT2D eigenvalue weighted by Gasteiger charge is 2.09. The average Bonchev–Trinajstić information content (AvgIpc) is 2.88. The summed E-state index contributed by atoms with van der Waals surface area (Å²) in [5.41, 5.74) is 7.44. The van der Waals surface area contributed by atoms with Crippen LogP contribution in [0, 0.1) is 0 Å². The smallest absolute Gasteiger partial charge is 0.271 e. The molecule has 1 heterocycles. The first-order valence-corrected chi connectivity index (χ1v) is 7.79. The summed E-state index contributed by atoms with van der Waals surface area (Å²) in [7, 11) is -0.917. The molecule has 0 fully saturated rings. The van der Waals surface area contributed by atoms with Gasteiger partial charge in [-0.3, -0.25) is 9.00 Å². The fourth-order valence-electron chi connectivity index (χ4n) is 1.61. The topological polar surface area (TPSA) is 90.0 Å². The van der Waals surface area contributed by atoms with Gasteiger partial charge in [0.25, 0.3) is 5.91 Å². The number of nitrogen functional groups attached to an aromatic ring is 1. The summed E-state index contributed by atoms with van der Waals surface area (Å²) in [6.45, 7) is 0.372. The van der Waals surface area contributed by atoms with Crippen molar-refractivity contribution in [1.82, 2.24) is 15.1 Å². The number of nitrogens with zero attached hydrogens (tertiary/aromatic N) is 2. The summed E-state index contributed by atoms with van der Waals surface area (Å²) in [4.78, 5) is 11.8. The van der Waals surface area contributed by atoms with Gasteiger partial charge >= 0.3 is 0 Å². The zero-order chi connectivity index (χ0) is 14.5. The molecule has 2 aromatic rings. The quantitative estimate of drug-likeness (QED) is 0.788. The van der Waals surface area contributed by atoms with Crippen molar-refractivity contribution in [2.45, 2.75) is 0 Å². The van der Waals surface area contributed by atoms with Crippen LogP contribution in [0.25, 0.3) is 5.69 Å². The molecule has 2 rings (SSSR count). The van der Waals surface area contributed by atoms with Crippen LogP contribution in [0.2, 0.25) is 0 Å². The third kappa shape index (κ3) is 3.67. The first kappa shape index (κ1) is 14.3. The van der Waals surface area contributed by atoms with Gasteiger partial charge in [-0.05, 0) is 30.3 Å². The Balaban J connectivity index is 2.03. The zero-order valence-electron chi connectivity index (χ0n) is 11.1. The van der Waals surface area contributed by atoms with Crippen LogP contribution in [0.15, 0.2) is 36.5 Å². The van der Waals surface area contributed by atoms with Crippen molar-refractivity contribution in [2.24, 2.45) is 0 Å². The molecule has 106 valence electrons. The molecule has 1 unspecified atom stereocenters. The molecule has 6 nitrogen and oxygen atoms in total. The van der Waals surface area contributed by atoms with Crippen LogP contribution in [0.4, 0.5) is 5.69 Å². The highest BCUT2D eigenvalue weighted by molar-refractivity contribution is 7.84. The van der Waals surface area contributed by atoms with Gasteiger partial charge in [-0.1, -0.05) is 0 Å². The Morgan fingerprint density at radius 2 is 2.05 bits per heavy atom. The van der Waals surface area contributed by atoms with E-state index in [1.165, 1.54) is 0 Å². The lowest BCUT2D eigenvalue weighted by atomic mass is 10.3. The molecule has 1 aromatic carbocycles. The molecule has 0 saturated heterocycles. The van der Waals surface area contributed by atoms with E-state index in [9.17, 15) is 9.00 Å². The molecule has 0 aliphatic heterocycles. The van der Waals surface area contributed by atoms with Gasteiger partial charge in [0.05, 0.1) is 5.69 Å². The highest BCUT2D eigenvalue weighted by Crippen LogP contribution is 2.10. The molecule has 1 aromatic heterocycles. The molecule has 1 atom stereocenters. The number of hydrogen-bond donors (Lipinski definition) is 2. The number of carbonyl (C=O) groups is 1. The minimum atomic E-state index is -0.917. The summed E-state index contributed by atoms with van der Waals surface area (Å²) in [6.07, 6.45) is 3.31. The van der Waals surface area contributed by atoms with Crippen molar-refractivity contribution >= 4 is 22.4 Å². The molecule has 3 N–H and O–H groups in total. The highest BCUT2D eigenvalue weighted by atomic mass is 32.2. The van der Waals surface area contributed by atoms with Crippen LogP contribution < -0.4 is 11.1 Å². The number of amides is 1. The summed E-state index contributed by atoms with van der Waals surface area (Å²) in [5.74, 6) is 0.161. The molecule has 0 spiro atoms. The van der Waals surface area contributed by atoms with Gasteiger partial charge in [0, 0.05) is 41.2 Å². The first-order valence-electron chi connectivity index (χ1n) is 6.06. The molecule has 0 aliphatic carbocycles. The number of nitrogens with two attached hydrogens (primary N) is 1. The Morgan fingerprint density at radius 3 is 2.70 bits per heavy atom. The lowest BCUT2D eigenvalue weighted by Crippen LogP contribution is -2.28. The molecular formula is C13H16N4O2S. The van der Waals surface area contributed by atoms with Gasteiger partial charge in [0.2, 0.25) is 0 Å². The van der Waals surface area contributed by atoms with Crippen LogP contribution in [0.1, 0.15) is 10.5 Å². The van der Waals surface area contributed by atoms with Crippen molar-refractivity contribution in [3.8, 4) is 5.69 Å². The molecular weight excluding hydrogens is 276 g/mol. The van der Waals surface area contributed by atoms with E-state index in [2.05, 4.69) is 10.4 Å². The maximum Gasteiger partial charge on any atom is 0.271 e. The minimum absolute atomic E-state index is 0.273. The first-order chi connectivity index (χ1) is 9.56. The molecule has 0 saturated carbocycles. The number of nitrogens with one attached hydrogen (secondary N) is 1. The predicted octanol–water partition coefficient (Wildman–Crippen LogP) is 0.563. The number of benzene rings is 1. The van der Waals surface area contributed by atoms with Gasteiger partial charge < -0.3 is 11.1 Å². The van der Waals surface area contributed by atoms with E-state index in [1.54, 1.807) is 35.3 Å². The average molecular weight is 292 g/mol. The number of aromatic nitrogens is 2. The largest absolute Gasteiger partial charge is 0.399 e. The van der Waals surface area contributed by atoms with Gasteiger partial charge in [0.15, 0.2) is 5.69 Å². The van der Waals surface area contributed by atoms with E-state index in [-0.39, 0.29) is 5.91 Å². The van der Waals surface area contributed by atoms with Gasteiger partial charge in [0.1, 0.15) is 0 Å². The second-order valence-corrected chi connectivity index (χ2v) is 5.82. The molecule has 0 bridgehead atoms. The Kier molecular flexibility index (Phi) is 4.52. The van der Waals surface area contributed by atoms with E-state index in [1.807, 2.05) is 12.1 Å². The maximum absolute atomic E-state index is 11.8. The van der Waals surface area contributed by atoms with E-state index in [4.69, 9.17) is 5.73 Å². The zero-order valence-corrected chi connectivity index (χ0v) is 11.9. The van der Waals surface area contributed by atoms with Gasteiger partial charge in [-0.15, -0.1) is 0 Å². The third-order valence-corrected chi connectivity index (χ3v) is 3.43. The Bertz CT molecular complexity index is 622. The lowest BCUT2D eigenvalue weighted by Gasteiger charge is -2.02. The standard InChI is InChI=1S/C13H16N4O2S/c1-20(19)9-7-15-13(18)12-6-8-17(16-12)11-4-2-10(14)3-5-11/h2-6,8H,7,9,14H2,1H3,(H,15,18). The van der Waals surface area contributed by atoms with Crippen LogP contribution in [-0.2, 0) is 10.8 Å². The van der Waals surface area contributed by atoms with Crippen LogP contribution >= 0.6 is 0 Å². The summed E-state index contributed by atoms with van der Waals surface area (Å²) >= 11 is 0. The minimum Gasteiger partial charge on any atom is -0.399 e. The molecule has 0 radical (unpaired) electrons. The van der Waals surface area contributed by atoms with E-state index < -0.39 is 10.8 Å². The fraction of sp³-hybridized carbons (Fsp3) is 0.231. The lowest BCUT2D eigenvalue weighted by molar-refractivity contribution is 0.0951. The van der Waals surface area contributed by atoms with Gasteiger partial charge in [-0.25, -0.2) is 4.68 Å². The van der Waals surface area contributed by atoms with Crippen molar-refractivity contribution in [1.29, 1.82) is 0 Å². The van der Waals surface area contributed by atoms with Crippen molar-refractivity contribution < 1.29 is 9.00 Å².